The molecule has 1 aromatic rings. The fourth-order valence-corrected chi connectivity index (χ4v) is 3.02. The molecular weight excluding hydrogens is 294 g/mol. The summed E-state index contributed by atoms with van der Waals surface area (Å²) in [6, 6.07) is 8.04. The van der Waals surface area contributed by atoms with Crippen LogP contribution in [0.25, 0.3) is 0 Å². The highest BCUT2D eigenvalue weighted by molar-refractivity contribution is 5.72. The van der Waals surface area contributed by atoms with E-state index in [2.05, 4.69) is 6.08 Å². The van der Waals surface area contributed by atoms with Gasteiger partial charge < -0.3 is 14.2 Å². The van der Waals surface area contributed by atoms with E-state index in [1.807, 2.05) is 30.3 Å². The number of hydrogen-bond donors (Lipinski definition) is 0. The van der Waals surface area contributed by atoms with Gasteiger partial charge in [-0.1, -0.05) is 24.3 Å². The Kier molecular flexibility index (Phi) is 5.18. The topological polar surface area (TPSA) is 48.0 Å². The quantitative estimate of drug-likeness (QED) is 0.546. The fourth-order valence-electron chi connectivity index (χ4n) is 3.02. The molecule has 0 saturated carbocycles. The molecule has 1 saturated heterocycles. The third-order valence-electron chi connectivity index (χ3n) is 4.32. The molecule has 0 aromatic heterocycles. The van der Waals surface area contributed by atoms with Crippen LogP contribution < -0.4 is 4.74 Å². The second-order valence-corrected chi connectivity index (χ2v) is 5.89. The Morgan fingerprint density at radius 1 is 1.26 bits per heavy atom. The molecule has 0 N–H and O–H groups in total. The molecule has 0 aliphatic carbocycles. The molecule has 1 amide bonds. The molecule has 0 spiro atoms. The SMILES string of the molecule is COc1ccc(COCCCC[C@@H]2OC(=O)N3CC=C[C@@H]23)cc1. The molecule has 2 atom stereocenters. The van der Waals surface area contributed by atoms with Crippen molar-refractivity contribution in [1.82, 2.24) is 4.90 Å². The molecule has 0 unspecified atom stereocenters. The van der Waals surface area contributed by atoms with Gasteiger partial charge in [0.25, 0.3) is 0 Å². The van der Waals surface area contributed by atoms with Crippen molar-refractivity contribution in [2.24, 2.45) is 0 Å². The van der Waals surface area contributed by atoms with Gasteiger partial charge in [-0.2, -0.15) is 0 Å². The van der Waals surface area contributed by atoms with Crippen molar-refractivity contribution in [3.8, 4) is 5.75 Å². The van der Waals surface area contributed by atoms with Gasteiger partial charge in [-0.15, -0.1) is 0 Å². The van der Waals surface area contributed by atoms with Gasteiger partial charge in [-0.3, -0.25) is 4.90 Å². The van der Waals surface area contributed by atoms with Crippen LogP contribution >= 0.6 is 0 Å². The lowest BCUT2D eigenvalue weighted by molar-refractivity contribution is 0.106. The highest BCUT2D eigenvalue weighted by atomic mass is 16.6. The lowest BCUT2D eigenvalue weighted by atomic mass is 10.1. The van der Waals surface area contributed by atoms with Crippen molar-refractivity contribution >= 4 is 6.09 Å². The van der Waals surface area contributed by atoms with Crippen molar-refractivity contribution < 1.29 is 19.0 Å². The van der Waals surface area contributed by atoms with Crippen molar-refractivity contribution in [2.75, 3.05) is 20.3 Å². The van der Waals surface area contributed by atoms with Crippen LogP contribution in [0.1, 0.15) is 24.8 Å². The van der Waals surface area contributed by atoms with Crippen LogP contribution in [-0.4, -0.2) is 43.4 Å². The number of amides is 1. The van der Waals surface area contributed by atoms with Crippen molar-refractivity contribution in [3.63, 3.8) is 0 Å². The van der Waals surface area contributed by atoms with Crippen LogP contribution in [-0.2, 0) is 16.1 Å². The number of ether oxygens (including phenoxy) is 3. The number of hydrogen-bond acceptors (Lipinski definition) is 4. The molecule has 5 nitrogen and oxygen atoms in total. The molecule has 5 heteroatoms. The van der Waals surface area contributed by atoms with Crippen LogP contribution in [0.2, 0.25) is 0 Å². The van der Waals surface area contributed by atoms with Crippen LogP contribution in [0.5, 0.6) is 5.75 Å². The van der Waals surface area contributed by atoms with Gasteiger partial charge in [0.05, 0.1) is 19.8 Å². The molecule has 1 fully saturated rings. The first-order valence-electron chi connectivity index (χ1n) is 8.12. The number of carbonyl (C=O) groups is 1. The zero-order valence-corrected chi connectivity index (χ0v) is 13.4. The maximum absolute atomic E-state index is 11.6. The summed E-state index contributed by atoms with van der Waals surface area (Å²) < 4.78 is 16.2. The van der Waals surface area contributed by atoms with Crippen molar-refractivity contribution in [2.45, 2.75) is 38.0 Å². The molecule has 1 aromatic carbocycles. The summed E-state index contributed by atoms with van der Waals surface area (Å²) in [5.74, 6) is 0.856. The second-order valence-electron chi connectivity index (χ2n) is 5.89. The molecule has 0 radical (unpaired) electrons. The number of carbonyl (C=O) groups excluding carboxylic acids is 1. The third kappa shape index (κ3) is 3.85. The summed E-state index contributed by atoms with van der Waals surface area (Å²) in [6.45, 7) is 2.02. The number of benzene rings is 1. The largest absolute Gasteiger partial charge is 0.497 e. The average molecular weight is 317 g/mol. The van der Waals surface area contributed by atoms with Gasteiger partial charge in [0.1, 0.15) is 11.9 Å². The number of nitrogens with zero attached hydrogens (tertiary/aromatic N) is 1. The molecule has 0 bridgehead atoms. The number of methoxy groups -OCH3 is 1. The maximum atomic E-state index is 11.6. The van der Waals surface area contributed by atoms with Gasteiger partial charge in [-0.25, -0.2) is 4.79 Å². The van der Waals surface area contributed by atoms with E-state index in [0.29, 0.717) is 13.2 Å². The van der Waals surface area contributed by atoms with Crippen LogP contribution in [0.4, 0.5) is 4.79 Å². The Hall–Kier alpha value is -2.01. The number of unbranched alkanes of at least 4 members (excludes halogenated alkanes) is 1. The van der Waals surface area contributed by atoms with E-state index in [9.17, 15) is 4.79 Å². The standard InChI is InChI=1S/C18H23NO4/c1-21-15-9-7-14(8-10-15)13-22-12-3-2-6-17-16-5-4-11-19(16)18(20)23-17/h4-5,7-10,16-17H,2-3,6,11-13H2,1H3/t16-,17-/m0/s1. The Morgan fingerprint density at radius 3 is 2.87 bits per heavy atom. The van der Waals surface area contributed by atoms with Gasteiger partial charge in [0, 0.05) is 13.2 Å². The Morgan fingerprint density at radius 2 is 2.09 bits per heavy atom. The van der Waals surface area contributed by atoms with Crippen LogP contribution in [0, 0.1) is 0 Å². The van der Waals surface area contributed by atoms with Crippen LogP contribution in [0.15, 0.2) is 36.4 Å². The van der Waals surface area contributed by atoms with E-state index in [1.54, 1.807) is 12.0 Å². The third-order valence-corrected chi connectivity index (χ3v) is 4.32. The highest BCUT2D eigenvalue weighted by Gasteiger charge is 2.41. The Labute approximate surface area is 136 Å². The Balaban J connectivity index is 1.30. The number of fused-ring (bicyclic) bond motifs is 1. The summed E-state index contributed by atoms with van der Waals surface area (Å²) in [7, 11) is 1.66. The van der Waals surface area contributed by atoms with Crippen LogP contribution in [0.3, 0.4) is 0 Å². The molecule has 2 aliphatic heterocycles. The number of rotatable bonds is 8. The van der Waals surface area contributed by atoms with Gasteiger partial charge >= 0.3 is 6.09 Å². The minimum Gasteiger partial charge on any atom is -0.497 e. The van der Waals surface area contributed by atoms with Crippen molar-refractivity contribution in [1.29, 1.82) is 0 Å². The molecule has 2 aliphatic rings. The lowest BCUT2D eigenvalue weighted by Crippen LogP contribution is -2.30. The Bertz CT molecular complexity index is 555. The smallest absolute Gasteiger partial charge is 0.411 e. The monoisotopic (exact) mass is 317 g/mol. The summed E-state index contributed by atoms with van der Waals surface area (Å²) in [6.07, 6.45) is 6.80. The maximum Gasteiger partial charge on any atom is 0.411 e. The zero-order chi connectivity index (χ0) is 16.1. The zero-order valence-electron chi connectivity index (χ0n) is 13.4. The van der Waals surface area contributed by atoms with E-state index in [0.717, 1.165) is 37.2 Å². The van der Waals surface area contributed by atoms with E-state index in [-0.39, 0.29) is 18.2 Å². The predicted molar refractivity (Wildman–Crippen MR) is 86.4 cm³/mol. The van der Waals surface area contributed by atoms with E-state index in [4.69, 9.17) is 14.2 Å². The molecule has 3 rings (SSSR count). The molecule has 23 heavy (non-hydrogen) atoms. The minimum absolute atomic E-state index is 0.00263. The second kappa shape index (κ2) is 7.51. The lowest BCUT2D eigenvalue weighted by Gasteiger charge is -2.15. The number of cyclic esters (lactones) is 1. The first-order chi connectivity index (χ1) is 11.3. The van der Waals surface area contributed by atoms with E-state index >= 15 is 0 Å². The van der Waals surface area contributed by atoms with Gasteiger partial charge in [0.15, 0.2) is 0 Å². The first-order valence-corrected chi connectivity index (χ1v) is 8.12. The summed E-state index contributed by atoms with van der Waals surface area (Å²) in [5, 5.41) is 0. The summed E-state index contributed by atoms with van der Waals surface area (Å²) in [5.41, 5.74) is 1.14. The highest BCUT2D eigenvalue weighted by Crippen LogP contribution is 2.27. The summed E-state index contributed by atoms with van der Waals surface area (Å²) >= 11 is 0. The van der Waals surface area contributed by atoms with Gasteiger partial charge in [-0.05, 0) is 37.0 Å². The van der Waals surface area contributed by atoms with Gasteiger partial charge in [0.2, 0.25) is 0 Å². The first kappa shape index (κ1) is 15.9. The molecule has 124 valence electrons. The minimum atomic E-state index is -0.180. The average Bonchev–Trinajstić information content (AvgIpc) is 3.16. The van der Waals surface area contributed by atoms with Crippen molar-refractivity contribution in [3.05, 3.63) is 42.0 Å². The van der Waals surface area contributed by atoms with E-state index < -0.39 is 0 Å². The van der Waals surface area contributed by atoms with E-state index in [1.165, 1.54) is 0 Å². The molecular formula is C18H23NO4. The normalized spacial score (nSPS) is 22.3. The summed E-state index contributed by atoms with van der Waals surface area (Å²) in [4.78, 5) is 13.4. The molecule has 2 heterocycles. The predicted octanol–water partition coefficient (Wildman–Crippen LogP) is 3.14. The fraction of sp³-hybridized carbons (Fsp3) is 0.500.